The molecule has 0 saturated heterocycles. The maximum absolute atomic E-state index is 12.9. The Hall–Kier alpha value is -3.52. The predicted octanol–water partition coefficient (Wildman–Crippen LogP) is 1.84. The lowest BCUT2D eigenvalue weighted by atomic mass is 9.93. The van der Waals surface area contributed by atoms with E-state index in [0.29, 0.717) is 30.3 Å². The van der Waals surface area contributed by atoms with Gasteiger partial charge in [-0.2, -0.15) is 5.10 Å². The van der Waals surface area contributed by atoms with E-state index >= 15 is 0 Å². The number of hydrogen-bond donors (Lipinski definition) is 3. The number of benzene rings is 2. The van der Waals surface area contributed by atoms with Gasteiger partial charge in [0.2, 0.25) is 11.8 Å². The zero-order valence-corrected chi connectivity index (χ0v) is 16.1. The summed E-state index contributed by atoms with van der Waals surface area (Å²) in [4.78, 5) is 31.0. The largest absolute Gasteiger partial charge is 0.326 e. The molecule has 8 nitrogen and oxygen atoms in total. The van der Waals surface area contributed by atoms with Crippen LogP contribution in [0.5, 0.6) is 0 Å². The Kier molecular flexibility index (Phi) is 5.09. The Morgan fingerprint density at radius 3 is 2.55 bits per heavy atom. The Labute approximate surface area is 168 Å². The van der Waals surface area contributed by atoms with Gasteiger partial charge in [0.05, 0.1) is 6.54 Å². The van der Waals surface area contributed by atoms with E-state index in [0.717, 1.165) is 16.7 Å². The summed E-state index contributed by atoms with van der Waals surface area (Å²) in [7, 11) is 0. The molecule has 0 aliphatic carbocycles. The molecular formula is C21H22N6O2. The van der Waals surface area contributed by atoms with E-state index in [4.69, 9.17) is 5.73 Å². The van der Waals surface area contributed by atoms with Crippen LogP contribution in [0.3, 0.4) is 0 Å². The fraction of sp³-hybridized carbons (Fsp3) is 0.238. The van der Waals surface area contributed by atoms with Crippen LogP contribution in [0.15, 0.2) is 48.5 Å². The van der Waals surface area contributed by atoms with Crippen LogP contribution < -0.4 is 11.1 Å². The molecule has 1 aromatic heterocycles. The average Bonchev–Trinajstić information content (AvgIpc) is 3.22. The maximum Gasteiger partial charge on any atom is 0.247 e. The predicted molar refractivity (Wildman–Crippen MR) is 108 cm³/mol. The second-order valence-corrected chi connectivity index (χ2v) is 7.01. The van der Waals surface area contributed by atoms with Crippen LogP contribution in [0.2, 0.25) is 0 Å². The van der Waals surface area contributed by atoms with E-state index in [9.17, 15) is 9.59 Å². The van der Waals surface area contributed by atoms with Gasteiger partial charge in [0.15, 0.2) is 5.82 Å². The molecule has 8 heteroatoms. The number of nitrogens with one attached hydrogen (secondary N) is 2. The molecule has 4 rings (SSSR count). The third-order valence-electron chi connectivity index (χ3n) is 5.09. The number of H-pyrrole nitrogens is 1. The van der Waals surface area contributed by atoms with E-state index < -0.39 is 6.04 Å². The lowest BCUT2D eigenvalue weighted by Gasteiger charge is -2.35. The van der Waals surface area contributed by atoms with Crippen LogP contribution in [0.1, 0.15) is 23.9 Å². The van der Waals surface area contributed by atoms with Crippen molar-refractivity contribution in [2.45, 2.75) is 32.5 Å². The summed E-state index contributed by atoms with van der Waals surface area (Å²) in [5.41, 5.74) is 9.19. The van der Waals surface area contributed by atoms with Crippen LogP contribution in [-0.4, -0.2) is 37.9 Å². The minimum absolute atomic E-state index is 0.115. The van der Waals surface area contributed by atoms with Crippen LogP contribution in [0, 0.1) is 0 Å². The summed E-state index contributed by atoms with van der Waals surface area (Å²) in [6.07, 6.45) is 0.499. The fourth-order valence-corrected chi connectivity index (χ4v) is 3.53. The Bertz CT molecular complexity index is 1040. The van der Waals surface area contributed by atoms with Crippen molar-refractivity contribution < 1.29 is 9.59 Å². The SMILES string of the molecule is CC(=O)N1Cc2ccccc2CC1C(=O)Nc1ccc(-c2n[nH]c(CN)n2)cc1. The molecule has 3 aromatic rings. The van der Waals surface area contributed by atoms with Crippen molar-refractivity contribution in [2.75, 3.05) is 5.32 Å². The highest BCUT2D eigenvalue weighted by Crippen LogP contribution is 2.25. The lowest BCUT2D eigenvalue weighted by molar-refractivity contribution is -0.138. The molecular weight excluding hydrogens is 368 g/mol. The zero-order chi connectivity index (χ0) is 20.4. The number of aromatic amines is 1. The third-order valence-corrected chi connectivity index (χ3v) is 5.09. The Morgan fingerprint density at radius 1 is 1.17 bits per heavy atom. The van der Waals surface area contributed by atoms with E-state index in [1.807, 2.05) is 36.4 Å². The summed E-state index contributed by atoms with van der Waals surface area (Å²) >= 11 is 0. The number of carbonyl (C=O) groups is 2. The summed E-state index contributed by atoms with van der Waals surface area (Å²) in [6.45, 7) is 2.23. The van der Waals surface area contributed by atoms with Crippen LogP contribution >= 0.6 is 0 Å². The monoisotopic (exact) mass is 390 g/mol. The molecule has 1 atom stereocenters. The highest BCUT2D eigenvalue weighted by molar-refractivity contribution is 5.97. The quantitative estimate of drug-likeness (QED) is 0.628. The van der Waals surface area contributed by atoms with Gasteiger partial charge in [-0.05, 0) is 35.4 Å². The lowest BCUT2D eigenvalue weighted by Crippen LogP contribution is -2.49. The van der Waals surface area contributed by atoms with Gasteiger partial charge in [0.1, 0.15) is 11.9 Å². The van der Waals surface area contributed by atoms with Gasteiger partial charge in [-0.15, -0.1) is 0 Å². The molecule has 2 heterocycles. The number of nitrogens with two attached hydrogens (primary N) is 1. The summed E-state index contributed by atoms with van der Waals surface area (Å²) in [5.74, 6) is 0.843. The number of fused-ring (bicyclic) bond motifs is 1. The van der Waals surface area contributed by atoms with Crippen molar-refractivity contribution in [2.24, 2.45) is 5.73 Å². The number of hydrogen-bond acceptors (Lipinski definition) is 5. The topological polar surface area (TPSA) is 117 Å². The highest BCUT2D eigenvalue weighted by atomic mass is 16.2. The molecule has 0 fully saturated rings. The summed E-state index contributed by atoms with van der Waals surface area (Å²) in [6, 6.07) is 14.6. The standard InChI is InChI=1S/C21H22N6O2/c1-13(28)27-12-16-5-3-2-4-15(16)10-18(27)21(29)23-17-8-6-14(7-9-17)20-24-19(11-22)25-26-20/h2-9,18H,10-12,22H2,1H3,(H,23,29)(H,24,25,26). The molecule has 1 unspecified atom stereocenters. The molecule has 0 saturated carbocycles. The molecule has 2 amide bonds. The van der Waals surface area contributed by atoms with Crippen molar-refractivity contribution in [1.29, 1.82) is 0 Å². The normalized spacial score (nSPS) is 15.7. The number of rotatable bonds is 4. The molecule has 0 spiro atoms. The van der Waals surface area contributed by atoms with E-state index in [-0.39, 0.29) is 18.4 Å². The highest BCUT2D eigenvalue weighted by Gasteiger charge is 2.33. The van der Waals surface area contributed by atoms with Crippen molar-refractivity contribution in [3.63, 3.8) is 0 Å². The van der Waals surface area contributed by atoms with Gasteiger partial charge in [-0.1, -0.05) is 24.3 Å². The Balaban J connectivity index is 1.50. The number of carbonyl (C=O) groups excluding carboxylic acids is 2. The zero-order valence-electron chi connectivity index (χ0n) is 16.1. The second kappa shape index (κ2) is 7.84. The van der Waals surface area contributed by atoms with Crippen LogP contribution in [0.25, 0.3) is 11.4 Å². The number of anilines is 1. The number of amides is 2. The third kappa shape index (κ3) is 3.88. The first-order valence-corrected chi connectivity index (χ1v) is 9.42. The molecule has 148 valence electrons. The molecule has 0 bridgehead atoms. The fourth-order valence-electron chi connectivity index (χ4n) is 3.53. The smallest absolute Gasteiger partial charge is 0.247 e. The summed E-state index contributed by atoms with van der Waals surface area (Å²) in [5, 5.41) is 9.82. The minimum atomic E-state index is -0.540. The Morgan fingerprint density at radius 2 is 1.90 bits per heavy atom. The number of aromatic nitrogens is 3. The molecule has 4 N–H and O–H groups in total. The van der Waals surface area contributed by atoms with Gasteiger partial charge in [0.25, 0.3) is 0 Å². The first kappa shape index (κ1) is 18.8. The van der Waals surface area contributed by atoms with E-state index in [1.165, 1.54) is 6.92 Å². The van der Waals surface area contributed by atoms with E-state index in [1.54, 1.807) is 17.0 Å². The molecule has 0 radical (unpaired) electrons. The van der Waals surface area contributed by atoms with E-state index in [2.05, 4.69) is 20.5 Å². The molecule has 1 aliphatic heterocycles. The van der Waals surface area contributed by atoms with Crippen molar-refractivity contribution in [1.82, 2.24) is 20.1 Å². The first-order valence-electron chi connectivity index (χ1n) is 9.42. The molecule has 1 aliphatic rings. The maximum atomic E-state index is 12.9. The van der Waals surface area contributed by atoms with Crippen molar-refractivity contribution >= 4 is 17.5 Å². The van der Waals surface area contributed by atoms with Crippen LogP contribution in [0.4, 0.5) is 5.69 Å². The van der Waals surface area contributed by atoms with Gasteiger partial charge in [0, 0.05) is 31.1 Å². The van der Waals surface area contributed by atoms with Gasteiger partial charge in [-0.3, -0.25) is 14.7 Å². The number of nitrogens with zero attached hydrogens (tertiary/aromatic N) is 3. The molecule has 29 heavy (non-hydrogen) atoms. The average molecular weight is 390 g/mol. The van der Waals surface area contributed by atoms with Gasteiger partial charge in [-0.25, -0.2) is 4.98 Å². The van der Waals surface area contributed by atoms with Gasteiger partial charge >= 0.3 is 0 Å². The van der Waals surface area contributed by atoms with Gasteiger partial charge < -0.3 is 16.0 Å². The molecule has 2 aromatic carbocycles. The minimum Gasteiger partial charge on any atom is -0.326 e. The van der Waals surface area contributed by atoms with Crippen molar-refractivity contribution in [3.05, 3.63) is 65.5 Å². The second-order valence-electron chi connectivity index (χ2n) is 7.01. The van der Waals surface area contributed by atoms with Crippen LogP contribution in [-0.2, 0) is 29.1 Å². The van der Waals surface area contributed by atoms with Crippen molar-refractivity contribution in [3.8, 4) is 11.4 Å². The summed E-state index contributed by atoms with van der Waals surface area (Å²) < 4.78 is 0. The first-order chi connectivity index (χ1) is 14.0.